The van der Waals surface area contributed by atoms with Gasteiger partial charge >= 0.3 is 0 Å². The van der Waals surface area contributed by atoms with E-state index in [4.69, 9.17) is 16.6 Å². The van der Waals surface area contributed by atoms with E-state index in [1.807, 2.05) is 30.3 Å². The lowest BCUT2D eigenvalue weighted by Crippen LogP contribution is -2.26. The van der Waals surface area contributed by atoms with E-state index in [1.165, 1.54) is 11.8 Å². The Morgan fingerprint density at radius 1 is 1.07 bits per heavy atom. The molecule has 0 saturated heterocycles. The summed E-state index contributed by atoms with van der Waals surface area (Å²) in [5, 5.41) is 4.11. The summed E-state index contributed by atoms with van der Waals surface area (Å²) in [4.78, 5) is 23.7. The number of unbranched alkanes of at least 4 members (excludes halogenated alkanes) is 2. The molecule has 0 bridgehead atoms. The van der Waals surface area contributed by atoms with Crippen molar-refractivity contribution in [3.63, 3.8) is 0 Å². The Kier molecular flexibility index (Phi) is 11.0. The number of benzene rings is 1. The van der Waals surface area contributed by atoms with E-state index in [9.17, 15) is 4.79 Å². The monoisotopic (exact) mass is 448 g/mol. The Labute approximate surface area is 190 Å². The number of nitrogens with zero attached hydrogens (tertiary/aromatic N) is 3. The number of hydrogen-bond donors (Lipinski definition) is 1. The molecule has 0 aliphatic rings. The third kappa shape index (κ3) is 8.15. The second kappa shape index (κ2) is 13.5. The van der Waals surface area contributed by atoms with Crippen molar-refractivity contribution in [2.75, 3.05) is 24.5 Å². The largest absolute Gasteiger partial charge is 0.356 e. The quantitative estimate of drug-likeness (QED) is 0.177. The van der Waals surface area contributed by atoms with E-state index in [0.717, 1.165) is 63.1 Å². The van der Waals surface area contributed by atoms with Gasteiger partial charge in [0.2, 0.25) is 0 Å². The van der Waals surface area contributed by atoms with Gasteiger partial charge in [-0.25, -0.2) is 9.97 Å². The van der Waals surface area contributed by atoms with Gasteiger partial charge in [0.15, 0.2) is 5.16 Å². The third-order valence-corrected chi connectivity index (χ3v) is 5.71. The summed E-state index contributed by atoms with van der Waals surface area (Å²) < 4.78 is 0. The van der Waals surface area contributed by atoms with E-state index in [-0.39, 0.29) is 5.91 Å². The molecule has 0 fully saturated rings. The first kappa shape index (κ1) is 24.5. The molecule has 0 radical (unpaired) electrons. The summed E-state index contributed by atoms with van der Waals surface area (Å²) in [6, 6.07) is 9.57. The molecule has 1 amide bonds. The molecule has 1 aromatic carbocycles. The number of carbonyl (C=O) groups is 1. The second-order valence-corrected chi connectivity index (χ2v) is 8.60. The van der Waals surface area contributed by atoms with Crippen LogP contribution in [0.1, 0.15) is 68.8 Å². The molecule has 164 valence electrons. The van der Waals surface area contributed by atoms with Gasteiger partial charge in [0, 0.05) is 37.0 Å². The normalized spacial score (nSPS) is 10.8. The smallest absolute Gasteiger partial charge is 0.251 e. The van der Waals surface area contributed by atoms with Crippen LogP contribution in [0.2, 0.25) is 5.15 Å². The number of hydrogen-bond acceptors (Lipinski definition) is 5. The van der Waals surface area contributed by atoms with Gasteiger partial charge in [-0.1, -0.05) is 69.1 Å². The lowest BCUT2D eigenvalue weighted by Gasteiger charge is -2.22. The fourth-order valence-electron chi connectivity index (χ4n) is 3.12. The lowest BCUT2D eigenvalue weighted by molar-refractivity contribution is 0.0953. The first-order chi connectivity index (χ1) is 14.6. The predicted octanol–water partition coefficient (Wildman–Crippen LogP) is 5.97. The highest BCUT2D eigenvalue weighted by Gasteiger charge is 2.11. The fraction of sp³-hybridized carbons (Fsp3) is 0.522. The zero-order chi connectivity index (χ0) is 21.8. The van der Waals surface area contributed by atoms with Gasteiger partial charge in [-0.3, -0.25) is 4.79 Å². The zero-order valence-electron chi connectivity index (χ0n) is 18.3. The number of aromatic nitrogens is 2. The van der Waals surface area contributed by atoms with Gasteiger partial charge in [0.25, 0.3) is 5.91 Å². The van der Waals surface area contributed by atoms with Gasteiger partial charge in [0.1, 0.15) is 11.0 Å². The van der Waals surface area contributed by atoms with E-state index >= 15 is 0 Å². The maximum Gasteiger partial charge on any atom is 0.251 e. The molecule has 0 unspecified atom stereocenters. The Morgan fingerprint density at radius 3 is 2.53 bits per heavy atom. The highest BCUT2D eigenvalue weighted by atomic mass is 35.5. The number of amides is 1. The Hall–Kier alpha value is -1.79. The van der Waals surface area contributed by atoms with Gasteiger partial charge in [-0.15, -0.1) is 0 Å². The second-order valence-electron chi connectivity index (χ2n) is 7.27. The van der Waals surface area contributed by atoms with Crippen molar-refractivity contribution in [2.45, 2.75) is 63.8 Å². The van der Waals surface area contributed by atoms with Crippen molar-refractivity contribution in [3.05, 3.63) is 46.6 Å². The average Bonchev–Trinajstić information content (AvgIpc) is 2.75. The highest BCUT2D eigenvalue weighted by molar-refractivity contribution is 7.98. The Morgan fingerprint density at radius 2 is 1.83 bits per heavy atom. The minimum atomic E-state index is -0.0194. The minimum absolute atomic E-state index is 0.0194. The number of anilines is 1. The van der Waals surface area contributed by atoms with E-state index in [2.05, 4.69) is 36.0 Å². The maximum absolute atomic E-state index is 12.4. The zero-order valence-corrected chi connectivity index (χ0v) is 19.9. The molecule has 0 spiro atoms. The molecule has 1 heterocycles. The van der Waals surface area contributed by atoms with Crippen molar-refractivity contribution in [3.8, 4) is 0 Å². The number of halogens is 1. The molecular formula is C23H33ClN4OS. The SMILES string of the molecule is CCCCCNC(=O)c1cccc(CSc2nc(Cl)cc(N(CCC)CCC)n2)c1. The Balaban J connectivity index is 2.02. The van der Waals surface area contributed by atoms with Gasteiger partial charge < -0.3 is 10.2 Å². The molecule has 0 aliphatic carbocycles. The van der Waals surface area contributed by atoms with Gasteiger partial charge in [-0.2, -0.15) is 0 Å². The summed E-state index contributed by atoms with van der Waals surface area (Å²) >= 11 is 7.81. The number of nitrogens with one attached hydrogen (secondary N) is 1. The van der Waals surface area contributed by atoms with Crippen LogP contribution >= 0.6 is 23.4 Å². The van der Waals surface area contributed by atoms with Gasteiger partial charge in [0.05, 0.1) is 0 Å². The molecule has 0 atom stereocenters. The van der Waals surface area contributed by atoms with Crippen LogP contribution in [-0.4, -0.2) is 35.5 Å². The lowest BCUT2D eigenvalue weighted by atomic mass is 10.1. The fourth-order valence-corrected chi connectivity index (χ4v) is 4.15. The highest BCUT2D eigenvalue weighted by Crippen LogP contribution is 2.25. The van der Waals surface area contributed by atoms with Crippen LogP contribution in [0.4, 0.5) is 5.82 Å². The summed E-state index contributed by atoms with van der Waals surface area (Å²) in [7, 11) is 0. The van der Waals surface area contributed by atoms with Gasteiger partial charge in [-0.05, 0) is 37.0 Å². The van der Waals surface area contributed by atoms with Crippen molar-refractivity contribution >= 4 is 35.1 Å². The standard InChI is InChI=1S/C23H33ClN4OS/c1-4-7-8-12-25-22(29)19-11-9-10-18(15-19)17-30-23-26-20(24)16-21(27-23)28(13-5-2)14-6-3/h9-11,15-16H,4-8,12-14,17H2,1-3H3,(H,25,29). The molecule has 7 heteroatoms. The van der Waals surface area contributed by atoms with E-state index in [1.54, 1.807) is 0 Å². The van der Waals surface area contributed by atoms with Crippen LogP contribution in [0.15, 0.2) is 35.5 Å². The maximum atomic E-state index is 12.4. The number of rotatable bonds is 13. The summed E-state index contributed by atoms with van der Waals surface area (Å²) in [6.45, 7) is 9.08. The Bertz CT molecular complexity index is 797. The van der Waals surface area contributed by atoms with Crippen molar-refractivity contribution in [1.82, 2.24) is 15.3 Å². The average molecular weight is 449 g/mol. The summed E-state index contributed by atoms with van der Waals surface area (Å²) in [6.07, 6.45) is 5.39. The van der Waals surface area contributed by atoms with Crippen LogP contribution in [0.3, 0.4) is 0 Å². The van der Waals surface area contributed by atoms with Crippen LogP contribution in [0, 0.1) is 0 Å². The van der Waals surface area contributed by atoms with Crippen molar-refractivity contribution < 1.29 is 4.79 Å². The van der Waals surface area contributed by atoms with Crippen LogP contribution in [0.5, 0.6) is 0 Å². The molecule has 0 aliphatic heterocycles. The first-order valence-corrected chi connectivity index (χ1v) is 12.2. The summed E-state index contributed by atoms with van der Waals surface area (Å²) in [5.41, 5.74) is 1.75. The van der Waals surface area contributed by atoms with Crippen LogP contribution in [-0.2, 0) is 5.75 Å². The van der Waals surface area contributed by atoms with Crippen molar-refractivity contribution in [1.29, 1.82) is 0 Å². The van der Waals surface area contributed by atoms with Crippen molar-refractivity contribution in [2.24, 2.45) is 0 Å². The number of carbonyl (C=O) groups excluding carboxylic acids is 1. The minimum Gasteiger partial charge on any atom is -0.356 e. The molecule has 1 aromatic heterocycles. The molecule has 0 saturated carbocycles. The van der Waals surface area contributed by atoms with Crippen LogP contribution in [0.25, 0.3) is 0 Å². The molecular weight excluding hydrogens is 416 g/mol. The molecule has 2 rings (SSSR count). The van der Waals surface area contributed by atoms with Crippen LogP contribution < -0.4 is 10.2 Å². The molecule has 1 N–H and O–H groups in total. The number of thioether (sulfide) groups is 1. The first-order valence-electron chi connectivity index (χ1n) is 10.9. The topological polar surface area (TPSA) is 58.1 Å². The van der Waals surface area contributed by atoms with E-state index < -0.39 is 0 Å². The third-order valence-electron chi connectivity index (χ3n) is 4.59. The molecule has 5 nitrogen and oxygen atoms in total. The summed E-state index contributed by atoms with van der Waals surface area (Å²) in [5.74, 6) is 1.54. The molecule has 30 heavy (non-hydrogen) atoms. The molecule has 2 aromatic rings. The predicted molar refractivity (Wildman–Crippen MR) is 128 cm³/mol. The van der Waals surface area contributed by atoms with E-state index in [0.29, 0.717) is 21.6 Å².